The van der Waals surface area contributed by atoms with Crippen LogP contribution in [0.2, 0.25) is 0 Å². The van der Waals surface area contributed by atoms with Gasteiger partial charge in [0.1, 0.15) is 0 Å². The minimum absolute atomic E-state index is 0.163. The quantitative estimate of drug-likeness (QED) is 0.175. The van der Waals surface area contributed by atoms with Crippen molar-refractivity contribution in [3.8, 4) is 0 Å². The molecule has 2 aromatic carbocycles. The monoisotopic (exact) mass is 517 g/mol. The van der Waals surface area contributed by atoms with E-state index in [-0.39, 0.29) is 30.1 Å². The molecule has 6 N–H and O–H groups in total. The van der Waals surface area contributed by atoms with Gasteiger partial charge >= 0.3 is 6.03 Å². The average molecular weight is 518 g/mol. The lowest BCUT2D eigenvalue weighted by atomic mass is 9.96. The number of thioether (sulfide) groups is 1. The predicted molar refractivity (Wildman–Crippen MR) is 157 cm³/mol. The minimum atomic E-state index is -0.200. The van der Waals surface area contributed by atoms with Crippen molar-refractivity contribution in [2.24, 2.45) is 0 Å². The van der Waals surface area contributed by atoms with E-state index in [4.69, 9.17) is 11.1 Å². The highest BCUT2D eigenvalue weighted by atomic mass is 32.2. The number of benzene rings is 2. The Morgan fingerprint density at radius 2 is 1.92 bits per heavy atom. The molecular weight excluding hydrogens is 482 g/mol. The standard InChI is InChI=1S/C29H35N5O2S/c1-4-37-20(3)16-28(35)34-27-18-24(26(31)15-19(27)2)25(30)14-13-21-9-8-12-23(17-21)33-29(36)32-22-10-6-5-7-11-22/h4,8-9,12-15,17-18,22,30H,1,3,5-7,10-11,16,31H2,2H3,(H,34,35)(H2,32,33,36)/b14-13+,30-25?. The molecule has 2 aromatic rings. The van der Waals surface area contributed by atoms with Crippen molar-refractivity contribution in [1.29, 1.82) is 5.41 Å². The van der Waals surface area contributed by atoms with E-state index in [1.807, 2.05) is 31.2 Å². The van der Waals surface area contributed by atoms with Gasteiger partial charge in [0.2, 0.25) is 5.91 Å². The molecule has 1 aliphatic rings. The molecule has 0 saturated heterocycles. The van der Waals surface area contributed by atoms with Crippen LogP contribution >= 0.6 is 11.8 Å². The summed E-state index contributed by atoms with van der Waals surface area (Å²) in [5, 5.41) is 19.0. The molecule has 0 spiro atoms. The molecule has 3 rings (SSSR count). The largest absolute Gasteiger partial charge is 0.398 e. The van der Waals surface area contributed by atoms with Gasteiger partial charge in [0.05, 0.1) is 12.1 Å². The van der Waals surface area contributed by atoms with Gasteiger partial charge in [-0.3, -0.25) is 4.79 Å². The van der Waals surface area contributed by atoms with Crippen molar-refractivity contribution < 1.29 is 9.59 Å². The molecule has 0 aliphatic heterocycles. The van der Waals surface area contributed by atoms with Crippen LogP contribution in [0.25, 0.3) is 6.08 Å². The first-order chi connectivity index (χ1) is 17.7. The van der Waals surface area contributed by atoms with Crippen molar-refractivity contribution in [2.45, 2.75) is 51.5 Å². The Bertz CT molecular complexity index is 1210. The Kier molecular flexibility index (Phi) is 10.1. The molecule has 37 heavy (non-hydrogen) atoms. The summed E-state index contributed by atoms with van der Waals surface area (Å²) >= 11 is 1.32. The van der Waals surface area contributed by atoms with Crippen LogP contribution in [-0.4, -0.2) is 23.7 Å². The van der Waals surface area contributed by atoms with E-state index >= 15 is 0 Å². The van der Waals surface area contributed by atoms with Crippen molar-refractivity contribution in [3.05, 3.63) is 82.6 Å². The number of rotatable bonds is 10. The number of urea groups is 1. The summed E-state index contributed by atoms with van der Waals surface area (Å²) in [7, 11) is 0. The molecule has 7 nitrogen and oxygen atoms in total. The summed E-state index contributed by atoms with van der Waals surface area (Å²) in [6.45, 7) is 9.33. The molecule has 1 aliphatic carbocycles. The minimum Gasteiger partial charge on any atom is -0.398 e. The second-order valence-corrected chi connectivity index (χ2v) is 10.3. The smallest absolute Gasteiger partial charge is 0.319 e. The van der Waals surface area contributed by atoms with Crippen molar-refractivity contribution in [3.63, 3.8) is 0 Å². The summed E-state index contributed by atoms with van der Waals surface area (Å²) in [5.74, 6) is -0.197. The maximum absolute atomic E-state index is 12.4. The Morgan fingerprint density at radius 3 is 2.65 bits per heavy atom. The zero-order valence-electron chi connectivity index (χ0n) is 21.2. The van der Waals surface area contributed by atoms with Crippen LogP contribution in [0.4, 0.5) is 21.9 Å². The first-order valence-electron chi connectivity index (χ1n) is 12.3. The van der Waals surface area contributed by atoms with E-state index in [0.29, 0.717) is 27.5 Å². The van der Waals surface area contributed by atoms with Crippen LogP contribution in [0.3, 0.4) is 0 Å². The highest BCUT2D eigenvalue weighted by Gasteiger charge is 2.16. The number of nitrogens with two attached hydrogens (primary N) is 1. The molecule has 0 unspecified atom stereocenters. The van der Waals surface area contributed by atoms with E-state index in [0.717, 1.165) is 36.8 Å². The van der Waals surface area contributed by atoms with Crippen molar-refractivity contribution >= 4 is 52.6 Å². The van der Waals surface area contributed by atoms with Crippen molar-refractivity contribution in [2.75, 3.05) is 16.4 Å². The normalized spacial score (nSPS) is 13.6. The molecule has 8 heteroatoms. The fourth-order valence-corrected chi connectivity index (χ4v) is 4.67. The zero-order chi connectivity index (χ0) is 26.8. The number of hydrogen-bond donors (Lipinski definition) is 5. The summed E-state index contributed by atoms with van der Waals surface area (Å²) in [6, 6.07) is 10.9. The lowest BCUT2D eigenvalue weighted by Gasteiger charge is -2.22. The Balaban J connectivity index is 1.65. The number of hydrogen-bond acceptors (Lipinski definition) is 5. The number of anilines is 3. The lowest BCUT2D eigenvalue weighted by Crippen LogP contribution is -2.39. The van der Waals surface area contributed by atoms with Gasteiger partial charge in [0.15, 0.2) is 0 Å². The van der Waals surface area contributed by atoms with Crippen LogP contribution in [0.5, 0.6) is 0 Å². The fraction of sp³-hybridized carbons (Fsp3) is 0.276. The molecule has 194 valence electrons. The SMILES string of the molecule is C=CSC(=C)CC(=O)Nc1cc(C(=N)/C=C/c2cccc(NC(=O)NC3CCCCC3)c2)c(N)cc1C. The van der Waals surface area contributed by atoms with Crippen LogP contribution in [0.15, 0.2) is 65.9 Å². The summed E-state index contributed by atoms with van der Waals surface area (Å²) < 4.78 is 0. The summed E-state index contributed by atoms with van der Waals surface area (Å²) in [5.41, 5.74) is 10.3. The van der Waals surface area contributed by atoms with Crippen molar-refractivity contribution in [1.82, 2.24) is 5.32 Å². The van der Waals surface area contributed by atoms with E-state index in [9.17, 15) is 9.59 Å². The molecule has 0 atom stereocenters. The third-order valence-corrected chi connectivity index (χ3v) is 6.74. The Morgan fingerprint density at radius 1 is 1.16 bits per heavy atom. The van der Waals surface area contributed by atoms with E-state index in [1.165, 1.54) is 18.2 Å². The molecule has 1 fully saturated rings. The number of amides is 3. The van der Waals surface area contributed by atoms with Gasteiger partial charge < -0.3 is 27.1 Å². The van der Waals surface area contributed by atoms with Gasteiger partial charge in [-0.25, -0.2) is 4.79 Å². The Hall–Kier alpha value is -3.78. The maximum atomic E-state index is 12.4. The molecule has 0 heterocycles. The highest BCUT2D eigenvalue weighted by molar-refractivity contribution is 8.05. The number of allylic oxidation sites excluding steroid dienone is 1. The Labute approximate surface area is 223 Å². The second kappa shape index (κ2) is 13.5. The number of aryl methyl sites for hydroxylation is 1. The number of carbonyl (C=O) groups excluding carboxylic acids is 2. The third-order valence-electron chi connectivity index (χ3n) is 6.10. The maximum Gasteiger partial charge on any atom is 0.319 e. The van der Waals surface area contributed by atoms with Gasteiger partial charge in [-0.05, 0) is 71.5 Å². The topological polar surface area (TPSA) is 120 Å². The highest BCUT2D eigenvalue weighted by Crippen LogP contribution is 2.25. The molecule has 0 aromatic heterocycles. The first-order valence-corrected chi connectivity index (χ1v) is 13.2. The van der Waals surface area contributed by atoms with Gasteiger partial charge in [-0.15, -0.1) is 11.8 Å². The van der Waals surface area contributed by atoms with E-state index in [1.54, 1.807) is 29.7 Å². The number of nitrogen functional groups attached to an aromatic ring is 1. The summed E-state index contributed by atoms with van der Waals surface area (Å²) in [4.78, 5) is 25.5. The first kappa shape index (κ1) is 27.8. The van der Waals surface area contributed by atoms with Crippen LogP contribution in [-0.2, 0) is 4.79 Å². The number of carbonyl (C=O) groups is 2. The zero-order valence-corrected chi connectivity index (χ0v) is 22.0. The molecule has 3 amide bonds. The lowest BCUT2D eigenvalue weighted by molar-refractivity contribution is -0.115. The van der Waals surface area contributed by atoms with Gasteiger partial charge in [-0.1, -0.05) is 50.6 Å². The van der Waals surface area contributed by atoms with Crippen LogP contribution in [0, 0.1) is 12.3 Å². The van der Waals surface area contributed by atoms with Crippen LogP contribution < -0.4 is 21.7 Å². The third kappa shape index (κ3) is 8.68. The summed E-state index contributed by atoms with van der Waals surface area (Å²) in [6.07, 6.45) is 9.19. The van der Waals surface area contributed by atoms with E-state index in [2.05, 4.69) is 29.1 Å². The molecule has 1 saturated carbocycles. The van der Waals surface area contributed by atoms with Crippen LogP contribution in [0.1, 0.15) is 55.2 Å². The average Bonchev–Trinajstić information content (AvgIpc) is 2.85. The van der Waals surface area contributed by atoms with E-state index < -0.39 is 0 Å². The predicted octanol–water partition coefficient (Wildman–Crippen LogP) is 6.83. The van der Waals surface area contributed by atoms with Gasteiger partial charge in [0, 0.05) is 28.7 Å². The van der Waals surface area contributed by atoms with Gasteiger partial charge in [-0.2, -0.15) is 0 Å². The number of nitrogens with one attached hydrogen (secondary N) is 4. The molecular formula is C29H35N5O2S. The fourth-order valence-electron chi connectivity index (χ4n) is 4.22. The molecule has 0 bridgehead atoms. The second-order valence-electron chi connectivity index (χ2n) is 9.11. The molecule has 0 radical (unpaired) electrons. The van der Waals surface area contributed by atoms with Gasteiger partial charge in [0.25, 0.3) is 0 Å².